The molecule has 3 fully saturated rings. The Labute approximate surface area is 133 Å². The molecular weight excluding hydrogens is 280 g/mol. The number of hydrogen-bond acceptors (Lipinski definition) is 3. The van der Waals surface area contributed by atoms with Gasteiger partial charge in [-0.3, -0.25) is 0 Å². The van der Waals surface area contributed by atoms with Crippen LogP contribution < -0.4 is 10.6 Å². The number of carbonyl (C=O) groups is 1. The molecule has 0 aromatic heterocycles. The minimum Gasteiger partial charge on any atom is -0.394 e. The van der Waals surface area contributed by atoms with Crippen LogP contribution in [-0.4, -0.2) is 42.5 Å². The van der Waals surface area contributed by atoms with Gasteiger partial charge in [0.15, 0.2) is 0 Å². The maximum absolute atomic E-state index is 12.4. The zero-order valence-corrected chi connectivity index (χ0v) is 13.8. The molecule has 5 nitrogen and oxygen atoms in total. The van der Waals surface area contributed by atoms with Gasteiger partial charge in [-0.1, -0.05) is 26.7 Å². The van der Waals surface area contributed by atoms with Gasteiger partial charge in [-0.25, -0.2) is 4.79 Å². The van der Waals surface area contributed by atoms with Crippen molar-refractivity contribution in [1.29, 1.82) is 0 Å². The third-order valence-corrected chi connectivity index (χ3v) is 5.88. The highest BCUT2D eigenvalue weighted by molar-refractivity contribution is 5.75. The van der Waals surface area contributed by atoms with Crippen LogP contribution >= 0.6 is 0 Å². The maximum Gasteiger partial charge on any atom is 0.315 e. The van der Waals surface area contributed by atoms with Crippen LogP contribution in [0.1, 0.15) is 52.4 Å². The molecule has 126 valence electrons. The van der Waals surface area contributed by atoms with Crippen molar-refractivity contribution in [3.05, 3.63) is 0 Å². The van der Waals surface area contributed by atoms with Crippen LogP contribution in [0, 0.1) is 17.3 Å². The van der Waals surface area contributed by atoms with Crippen molar-refractivity contribution >= 4 is 6.03 Å². The first-order valence-electron chi connectivity index (χ1n) is 8.86. The summed E-state index contributed by atoms with van der Waals surface area (Å²) in [5.41, 5.74) is 0.186. The summed E-state index contributed by atoms with van der Waals surface area (Å²) in [7, 11) is 0. The number of urea groups is 1. The van der Waals surface area contributed by atoms with E-state index in [1.165, 1.54) is 25.7 Å². The van der Waals surface area contributed by atoms with Crippen LogP contribution in [0.5, 0.6) is 0 Å². The van der Waals surface area contributed by atoms with E-state index in [0.29, 0.717) is 17.9 Å². The minimum absolute atomic E-state index is 0.00340. The predicted molar refractivity (Wildman–Crippen MR) is 84.5 cm³/mol. The molecule has 2 amide bonds. The van der Waals surface area contributed by atoms with E-state index in [9.17, 15) is 9.90 Å². The Hall–Kier alpha value is -0.810. The molecule has 0 radical (unpaired) electrons. The molecule has 1 saturated heterocycles. The Morgan fingerprint density at radius 2 is 2.09 bits per heavy atom. The number of ether oxygens (including phenoxy) is 1. The Bertz CT molecular complexity index is 407. The van der Waals surface area contributed by atoms with E-state index < -0.39 is 0 Å². The topological polar surface area (TPSA) is 70.6 Å². The number of nitrogens with one attached hydrogen (secondary N) is 2. The second-order valence-corrected chi connectivity index (χ2v) is 7.79. The first-order chi connectivity index (χ1) is 10.6. The van der Waals surface area contributed by atoms with E-state index >= 15 is 0 Å². The summed E-state index contributed by atoms with van der Waals surface area (Å²) in [6.45, 7) is 5.03. The van der Waals surface area contributed by atoms with Crippen molar-refractivity contribution in [3.8, 4) is 0 Å². The van der Waals surface area contributed by atoms with Crippen molar-refractivity contribution in [2.75, 3.05) is 13.2 Å². The molecule has 5 heteroatoms. The second kappa shape index (κ2) is 6.36. The van der Waals surface area contributed by atoms with Crippen molar-refractivity contribution < 1.29 is 14.6 Å². The molecule has 1 heterocycles. The van der Waals surface area contributed by atoms with Gasteiger partial charge in [0.05, 0.1) is 18.8 Å². The standard InChI is InChI=1S/C17H30N2O3/c1-11(2)9-12(10-20)18-16(21)19-14-13-5-8-22-15(13)17(14)6-3-4-7-17/h11-15,20H,3-10H2,1-2H3,(H2,18,19,21). The van der Waals surface area contributed by atoms with Crippen LogP contribution in [-0.2, 0) is 4.74 Å². The quantitative estimate of drug-likeness (QED) is 0.728. The number of hydrogen-bond donors (Lipinski definition) is 3. The van der Waals surface area contributed by atoms with Gasteiger partial charge < -0.3 is 20.5 Å². The Balaban J connectivity index is 1.58. The number of carbonyl (C=O) groups excluding carboxylic acids is 1. The fraction of sp³-hybridized carbons (Fsp3) is 0.941. The van der Waals surface area contributed by atoms with Gasteiger partial charge in [0.1, 0.15) is 0 Å². The molecule has 3 rings (SSSR count). The number of aliphatic hydroxyl groups excluding tert-OH is 1. The maximum atomic E-state index is 12.4. The van der Waals surface area contributed by atoms with Crippen LogP contribution in [0.4, 0.5) is 4.79 Å². The van der Waals surface area contributed by atoms with E-state index in [-0.39, 0.29) is 30.1 Å². The van der Waals surface area contributed by atoms with Gasteiger partial charge >= 0.3 is 6.03 Å². The highest BCUT2D eigenvalue weighted by atomic mass is 16.5. The highest BCUT2D eigenvalue weighted by Crippen LogP contribution is 2.60. The zero-order chi connectivity index (χ0) is 15.7. The number of rotatable bonds is 5. The summed E-state index contributed by atoms with van der Waals surface area (Å²) in [5, 5.41) is 15.6. The third-order valence-electron chi connectivity index (χ3n) is 5.88. The average molecular weight is 310 g/mol. The van der Waals surface area contributed by atoms with Crippen LogP contribution in [0.3, 0.4) is 0 Å². The van der Waals surface area contributed by atoms with Gasteiger partial charge in [0.2, 0.25) is 0 Å². The lowest BCUT2D eigenvalue weighted by Crippen LogP contribution is -2.69. The van der Waals surface area contributed by atoms with Crippen LogP contribution in [0.25, 0.3) is 0 Å². The molecule has 3 N–H and O–H groups in total. The van der Waals surface area contributed by atoms with Crippen molar-refractivity contribution in [2.24, 2.45) is 17.3 Å². The van der Waals surface area contributed by atoms with Crippen LogP contribution in [0.2, 0.25) is 0 Å². The van der Waals surface area contributed by atoms with Crippen LogP contribution in [0.15, 0.2) is 0 Å². The number of fused-ring (bicyclic) bond motifs is 2. The summed E-state index contributed by atoms with van der Waals surface area (Å²) < 4.78 is 5.94. The SMILES string of the molecule is CC(C)CC(CO)NC(=O)NC1C2CCOC2C12CCCC2. The summed E-state index contributed by atoms with van der Waals surface area (Å²) in [6, 6.07) is -0.0301. The highest BCUT2D eigenvalue weighted by Gasteiger charge is 2.65. The molecule has 2 saturated carbocycles. The van der Waals surface area contributed by atoms with E-state index in [0.717, 1.165) is 19.4 Å². The van der Waals surface area contributed by atoms with Gasteiger partial charge in [0, 0.05) is 24.0 Å². The van der Waals surface area contributed by atoms with Gasteiger partial charge in [0.25, 0.3) is 0 Å². The molecule has 22 heavy (non-hydrogen) atoms. The Kier molecular flexibility index (Phi) is 4.64. The second-order valence-electron chi connectivity index (χ2n) is 7.79. The predicted octanol–water partition coefficient (Wildman–Crippen LogP) is 2.04. The lowest BCUT2D eigenvalue weighted by molar-refractivity contribution is -0.126. The van der Waals surface area contributed by atoms with Gasteiger partial charge in [-0.2, -0.15) is 0 Å². The summed E-state index contributed by atoms with van der Waals surface area (Å²) in [6.07, 6.45) is 7.08. The lowest BCUT2D eigenvalue weighted by atomic mass is 9.54. The first kappa shape index (κ1) is 16.1. The van der Waals surface area contributed by atoms with E-state index in [4.69, 9.17) is 4.74 Å². The molecule has 4 atom stereocenters. The van der Waals surface area contributed by atoms with Gasteiger partial charge in [-0.05, 0) is 31.6 Å². The molecular formula is C17H30N2O3. The van der Waals surface area contributed by atoms with Crippen molar-refractivity contribution in [2.45, 2.75) is 70.6 Å². The van der Waals surface area contributed by atoms with Gasteiger partial charge in [-0.15, -0.1) is 0 Å². The van der Waals surface area contributed by atoms with E-state index in [1.807, 2.05) is 0 Å². The summed E-state index contributed by atoms with van der Waals surface area (Å²) >= 11 is 0. The molecule has 1 aliphatic heterocycles. The molecule has 0 bridgehead atoms. The third kappa shape index (κ3) is 2.73. The number of amides is 2. The summed E-state index contributed by atoms with van der Waals surface area (Å²) in [4.78, 5) is 12.4. The molecule has 0 aromatic rings. The smallest absolute Gasteiger partial charge is 0.315 e. The zero-order valence-electron chi connectivity index (χ0n) is 13.8. The monoisotopic (exact) mass is 310 g/mol. The molecule has 4 unspecified atom stereocenters. The molecule has 2 aliphatic carbocycles. The molecule has 1 spiro atoms. The Morgan fingerprint density at radius 1 is 1.36 bits per heavy atom. The van der Waals surface area contributed by atoms with Crippen molar-refractivity contribution in [3.63, 3.8) is 0 Å². The molecule has 3 aliphatic rings. The van der Waals surface area contributed by atoms with E-state index in [2.05, 4.69) is 24.5 Å². The van der Waals surface area contributed by atoms with Crippen molar-refractivity contribution in [1.82, 2.24) is 10.6 Å². The Morgan fingerprint density at radius 3 is 2.73 bits per heavy atom. The van der Waals surface area contributed by atoms with E-state index in [1.54, 1.807) is 0 Å². The number of aliphatic hydroxyl groups is 1. The fourth-order valence-corrected chi connectivity index (χ4v) is 5.02. The molecule has 0 aromatic carbocycles. The normalized spacial score (nSPS) is 33.5. The first-order valence-corrected chi connectivity index (χ1v) is 8.86. The fourth-order valence-electron chi connectivity index (χ4n) is 5.02. The lowest BCUT2D eigenvalue weighted by Gasteiger charge is -2.56. The average Bonchev–Trinajstić information content (AvgIpc) is 3.11. The largest absolute Gasteiger partial charge is 0.394 e. The minimum atomic E-state index is -0.157. The summed E-state index contributed by atoms with van der Waals surface area (Å²) in [5.74, 6) is 0.941.